The van der Waals surface area contributed by atoms with Gasteiger partial charge in [-0.2, -0.15) is 0 Å². The van der Waals surface area contributed by atoms with E-state index in [1.54, 1.807) is 54.6 Å². The van der Waals surface area contributed by atoms with E-state index in [-0.39, 0.29) is 16.3 Å². The van der Waals surface area contributed by atoms with E-state index < -0.39 is 23.1 Å². The molecule has 0 amide bonds. The number of halogens is 1. The average molecular weight is 391 g/mol. The highest BCUT2D eigenvalue weighted by molar-refractivity contribution is 6.35. The Morgan fingerprint density at radius 1 is 0.857 bits per heavy atom. The van der Waals surface area contributed by atoms with Crippen LogP contribution in [0.2, 0.25) is 5.02 Å². The summed E-state index contributed by atoms with van der Waals surface area (Å²) in [5.74, 6) is -2.25. The van der Waals surface area contributed by atoms with E-state index in [0.717, 1.165) is 0 Å². The van der Waals surface area contributed by atoms with Crippen molar-refractivity contribution in [2.75, 3.05) is 5.32 Å². The van der Waals surface area contributed by atoms with E-state index in [0.29, 0.717) is 16.7 Å². The summed E-state index contributed by atoms with van der Waals surface area (Å²) in [6, 6.07) is 19.4. The first-order chi connectivity index (χ1) is 13.4. The summed E-state index contributed by atoms with van der Waals surface area (Å²) in [6.45, 7) is 0. The lowest BCUT2D eigenvalue weighted by atomic mass is 9.84. The summed E-state index contributed by atoms with van der Waals surface area (Å²) in [5, 5.41) is 14.3. The van der Waals surface area contributed by atoms with Crippen molar-refractivity contribution in [2.24, 2.45) is 0 Å². The van der Waals surface area contributed by atoms with E-state index in [4.69, 9.17) is 11.6 Å². The molecule has 0 radical (unpaired) electrons. The number of rotatable bonds is 4. The largest absolute Gasteiger partial charge is 0.545 e. The Hall–Kier alpha value is -3.44. The Balaban J connectivity index is 1.91. The number of carbonyl (C=O) groups excluding carboxylic acids is 3. The van der Waals surface area contributed by atoms with E-state index in [2.05, 4.69) is 5.32 Å². The summed E-state index contributed by atoms with van der Waals surface area (Å²) in [5.41, 5.74) is -0.559. The minimum atomic E-state index is -1.69. The smallest absolute Gasteiger partial charge is 0.201 e. The maximum Gasteiger partial charge on any atom is 0.201 e. The fourth-order valence-electron chi connectivity index (χ4n) is 3.50. The van der Waals surface area contributed by atoms with Gasteiger partial charge in [0, 0.05) is 27.4 Å². The van der Waals surface area contributed by atoms with Crippen LogP contribution >= 0.6 is 11.6 Å². The number of anilines is 1. The molecule has 0 unspecified atom stereocenters. The first-order valence-corrected chi connectivity index (χ1v) is 8.86. The fourth-order valence-corrected chi connectivity index (χ4v) is 3.69. The van der Waals surface area contributed by atoms with Gasteiger partial charge in [0.25, 0.3) is 0 Å². The maximum atomic E-state index is 13.4. The second-order valence-electron chi connectivity index (χ2n) is 6.43. The fraction of sp³-hybridized carbons (Fsp3) is 0.0455. The number of nitrogens with one attached hydrogen (secondary N) is 1. The van der Waals surface area contributed by atoms with Crippen LogP contribution in [-0.4, -0.2) is 17.5 Å². The molecule has 3 aromatic carbocycles. The van der Waals surface area contributed by atoms with Crippen LogP contribution in [0.1, 0.15) is 36.6 Å². The summed E-state index contributed by atoms with van der Waals surface area (Å²) in [4.78, 5) is 38.1. The molecule has 138 valence electrons. The van der Waals surface area contributed by atoms with E-state index in [9.17, 15) is 19.5 Å². The molecule has 0 atom stereocenters. The number of carboxylic acids is 1. The quantitative estimate of drug-likeness (QED) is 0.692. The summed E-state index contributed by atoms with van der Waals surface area (Å²) < 4.78 is 0. The molecule has 0 saturated carbocycles. The molecule has 28 heavy (non-hydrogen) atoms. The van der Waals surface area contributed by atoms with Gasteiger partial charge in [-0.3, -0.25) is 9.59 Å². The monoisotopic (exact) mass is 390 g/mol. The molecule has 0 aromatic heterocycles. The third-order valence-electron chi connectivity index (χ3n) is 4.82. The van der Waals surface area contributed by atoms with Crippen LogP contribution in [0.3, 0.4) is 0 Å². The summed E-state index contributed by atoms with van der Waals surface area (Å²) in [6.07, 6.45) is 0. The van der Waals surface area contributed by atoms with Crippen molar-refractivity contribution >= 4 is 34.8 Å². The lowest BCUT2D eigenvalue weighted by Gasteiger charge is -2.29. The topological polar surface area (TPSA) is 86.3 Å². The van der Waals surface area contributed by atoms with Crippen molar-refractivity contribution in [3.8, 4) is 0 Å². The van der Waals surface area contributed by atoms with Gasteiger partial charge in [0.1, 0.15) is 0 Å². The Morgan fingerprint density at radius 3 is 2.00 bits per heavy atom. The van der Waals surface area contributed by atoms with Gasteiger partial charge in [-0.05, 0) is 23.8 Å². The molecular formula is C22H13ClNO4-. The number of Topliss-reactive ketones (excluding diaryl/α,β-unsaturated/α-hetero) is 2. The number of benzene rings is 3. The molecule has 1 aliphatic rings. The third-order valence-corrected chi connectivity index (χ3v) is 5.15. The van der Waals surface area contributed by atoms with Crippen molar-refractivity contribution in [3.63, 3.8) is 0 Å². The molecule has 5 nitrogen and oxygen atoms in total. The van der Waals surface area contributed by atoms with Crippen molar-refractivity contribution in [1.82, 2.24) is 0 Å². The second kappa shape index (κ2) is 6.62. The van der Waals surface area contributed by atoms with Crippen molar-refractivity contribution in [2.45, 2.75) is 5.54 Å². The normalized spacial score (nSPS) is 14.6. The van der Waals surface area contributed by atoms with E-state index >= 15 is 0 Å². The highest BCUT2D eigenvalue weighted by atomic mass is 35.5. The minimum absolute atomic E-state index is 0.00618. The van der Waals surface area contributed by atoms with Gasteiger partial charge in [0.15, 0.2) is 5.54 Å². The average Bonchev–Trinajstić information content (AvgIpc) is 2.93. The SMILES string of the molecule is O=C([O-])c1cc(NC2(c3ccccc3)C(=O)c3ccccc3C2=O)ccc1Cl. The highest BCUT2D eigenvalue weighted by Gasteiger charge is 2.54. The van der Waals surface area contributed by atoms with Crippen LogP contribution in [0.4, 0.5) is 5.69 Å². The zero-order valence-corrected chi connectivity index (χ0v) is 15.2. The van der Waals surface area contributed by atoms with Crippen molar-refractivity contribution in [3.05, 3.63) is 100 Å². The molecule has 0 aliphatic heterocycles. The zero-order chi connectivity index (χ0) is 19.9. The lowest BCUT2D eigenvalue weighted by Crippen LogP contribution is -2.46. The number of hydrogen-bond donors (Lipinski definition) is 1. The molecule has 4 rings (SSSR count). The molecule has 3 aromatic rings. The second-order valence-corrected chi connectivity index (χ2v) is 6.83. The summed E-state index contributed by atoms with van der Waals surface area (Å²) >= 11 is 5.91. The molecule has 6 heteroatoms. The number of carbonyl (C=O) groups is 3. The molecule has 0 heterocycles. The van der Waals surface area contributed by atoms with Gasteiger partial charge >= 0.3 is 0 Å². The number of hydrogen-bond acceptors (Lipinski definition) is 5. The predicted molar refractivity (Wildman–Crippen MR) is 103 cm³/mol. The van der Waals surface area contributed by atoms with Crippen LogP contribution in [0.5, 0.6) is 0 Å². The first kappa shape index (κ1) is 17.9. The van der Waals surface area contributed by atoms with Gasteiger partial charge in [0.2, 0.25) is 11.6 Å². The van der Waals surface area contributed by atoms with Gasteiger partial charge in [0.05, 0.1) is 5.97 Å². The third kappa shape index (κ3) is 2.60. The molecule has 0 fully saturated rings. The Bertz CT molecular complexity index is 1090. The molecule has 0 spiro atoms. The minimum Gasteiger partial charge on any atom is -0.545 e. The van der Waals surface area contributed by atoms with Crippen LogP contribution < -0.4 is 10.4 Å². The van der Waals surface area contributed by atoms with Gasteiger partial charge in [-0.1, -0.05) is 66.2 Å². The maximum absolute atomic E-state index is 13.4. The molecule has 0 saturated heterocycles. The molecule has 0 bridgehead atoms. The lowest BCUT2D eigenvalue weighted by molar-refractivity contribution is -0.255. The Morgan fingerprint density at radius 2 is 1.43 bits per heavy atom. The standard InChI is InChI=1S/C22H14ClNO4/c23-18-11-10-14(12-17(18)21(27)28)24-22(13-6-2-1-3-7-13)19(25)15-8-4-5-9-16(15)20(22)26/h1-12,24H,(H,27,28)/p-1. The van der Waals surface area contributed by atoms with Crippen LogP contribution in [-0.2, 0) is 5.54 Å². The van der Waals surface area contributed by atoms with Crippen molar-refractivity contribution < 1.29 is 19.5 Å². The zero-order valence-electron chi connectivity index (χ0n) is 14.4. The van der Waals surface area contributed by atoms with Gasteiger partial charge < -0.3 is 15.2 Å². The van der Waals surface area contributed by atoms with Crippen LogP contribution in [0, 0.1) is 0 Å². The van der Waals surface area contributed by atoms with Crippen molar-refractivity contribution in [1.29, 1.82) is 0 Å². The molecule has 1 aliphatic carbocycles. The van der Waals surface area contributed by atoms with E-state index in [1.165, 1.54) is 18.2 Å². The number of aromatic carboxylic acids is 1. The van der Waals surface area contributed by atoms with Gasteiger partial charge in [-0.15, -0.1) is 0 Å². The molecule has 1 N–H and O–H groups in total. The van der Waals surface area contributed by atoms with Crippen LogP contribution in [0.15, 0.2) is 72.8 Å². The highest BCUT2D eigenvalue weighted by Crippen LogP contribution is 2.40. The summed E-state index contributed by atoms with van der Waals surface area (Å²) in [7, 11) is 0. The first-order valence-electron chi connectivity index (χ1n) is 8.48. The van der Waals surface area contributed by atoms with Crippen LogP contribution in [0.25, 0.3) is 0 Å². The molecular weight excluding hydrogens is 378 g/mol. The Labute approximate surface area is 165 Å². The Kier molecular flexibility index (Phi) is 4.24. The predicted octanol–water partition coefficient (Wildman–Crippen LogP) is 3.09. The van der Waals surface area contributed by atoms with E-state index in [1.807, 2.05) is 0 Å². The van der Waals surface area contributed by atoms with Gasteiger partial charge in [-0.25, -0.2) is 0 Å². The number of fused-ring (bicyclic) bond motifs is 1. The number of carboxylic acid groups (broad SMARTS) is 1. The number of ketones is 2.